The molecular weight excluding hydrogens is 232 g/mol. The first-order valence-electron chi connectivity index (χ1n) is 5.43. The first kappa shape index (κ1) is 13.8. The molecule has 5 heteroatoms. The van der Waals surface area contributed by atoms with Crippen LogP contribution in [0.1, 0.15) is 43.2 Å². The predicted molar refractivity (Wildman–Crippen MR) is 63.7 cm³/mol. The van der Waals surface area contributed by atoms with E-state index in [2.05, 4.69) is 4.98 Å². The van der Waals surface area contributed by atoms with Crippen LogP contribution >= 0.6 is 0 Å². The van der Waals surface area contributed by atoms with Crippen molar-refractivity contribution >= 4 is 11.8 Å². The zero-order valence-corrected chi connectivity index (χ0v) is 10.6. The van der Waals surface area contributed by atoms with E-state index < -0.39 is 11.6 Å². The maximum absolute atomic E-state index is 11.8. The number of Topliss-reactive ketones (excluding diaryl/α,β-unsaturated/α-hetero) is 1. The standard InChI is InChI=1S/C13H14N2O3/c1-13(2,3)18-12(17)7-11(16)9-4-5-15-10(6-9)8-14/h4-6H,7H2,1-3H3. The highest BCUT2D eigenvalue weighted by Gasteiger charge is 2.19. The molecule has 0 saturated heterocycles. The molecule has 0 bridgehead atoms. The lowest BCUT2D eigenvalue weighted by atomic mass is 10.1. The van der Waals surface area contributed by atoms with Gasteiger partial charge in [0.15, 0.2) is 5.78 Å². The van der Waals surface area contributed by atoms with E-state index in [0.717, 1.165) is 0 Å². The maximum Gasteiger partial charge on any atom is 0.314 e. The van der Waals surface area contributed by atoms with Crippen LogP contribution in [0.4, 0.5) is 0 Å². The van der Waals surface area contributed by atoms with E-state index in [1.54, 1.807) is 20.8 Å². The van der Waals surface area contributed by atoms with Gasteiger partial charge < -0.3 is 4.74 Å². The molecule has 94 valence electrons. The number of ketones is 1. The Bertz CT molecular complexity index is 510. The molecule has 0 aromatic carbocycles. The van der Waals surface area contributed by atoms with Crippen LogP contribution in [0.2, 0.25) is 0 Å². The highest BCUT2D eigenvalue weighted by molar-refractivity contribution is 6.06. The van der Waals surface area contributed by atoms with Crippen LogP contribution in [0.5, 0.6) is 0 Å². The normalized spacial score (nSPS) is 10.6. The maximum atomic E-state index is 11.8. The van der Waals surface area contributed by atoms with Gasteiger partial charge in [0.2, 0.25) is 0 Å². The van der Waals surface area contributed by atoms with Crippen LogP contribution in [0.3, 0.4) is 0 Å². The average Bonchev–Trinajstić information content (AvgIpc) is 2.26. The summed E-state index contributed by atoms with van der Waals surface area (Å²) in [7, 11) is 0. The number of nitriles is 1. The molecule has 0 spiro atoms. The Labute approximate surface area is 105 Å². The van der Waals surface area contributed by atoms with Crippen molar-refractivity contribution in [2.45, 2.75) is 32.8 Å². The van der Waals surface area contributed by atoms with Gasteiger partial charge in [0.1, 0.15) is 23.8 Å². The Kier molecular flexibility index (Phi) is 4.16. The Morgan fingerprint density at radius 3 is 2.67 bits per heavy atom. The first-order chi connectivity index (χ1) is 8.31. The minimum Gasteiger partial charge on any atom is -0.460 e. The summed E-state index contributed by atoms with van der Waals surface area (Å²) in [4.78, 5) is 27.0. The Hall–Kier alpha value is -2.22. The van der Waals surface area contributed by atoms with Crippen molar-refractivity contribution < 1.29 is 14.3 Å². The number of esters is 1. The third-order valence-electron chi connectivity index (χ3n) is 1.92. The van der Waals surface area contributed by atoms with Crippen molar-refractivity contribution in [2.75, 3.05) is 0 Å². The highest BCUT2D eigenvalue weighted by Crippen LogP contribution is 2.11. The van der Waals surface area contributed by atoms with Crippen molar-refractivity contribution in [1.82, 2.24) is 4.98 Å². The number of hydrogen-bond donors (Lipinski definition) is 0. The summed E-state index contributed by atoms with van der Waals surface area (Å²) in [5.41, 5.74) is -0.189. The summed E-state index contributed by atoms with van der Waals surface area (Å²) >= 11 is 0. The van der Waals surface area contributed by atoms with Crippen LogP contribution < -0.4 is 0 Å². The van der Waals surface area contributed by atoms with Gasteiger partial charge in [0.05, 0.1) is 0 Å². The summed E-state index contributed by atoms with van der Waals surface area (Å²) in [5.74, 6) is -0.967. The van der Waals surface area contributed by atoms with Gasteiger partial charge >= 0.3 is 5.97 Å². The fourth-order valence-corrected chi connectivity index (χ4v) is 1.28. The van der Waals surface area contributed by atoms with Gasteiger partial charge in [0.25, 0.3) is 0 Å². The third-order valence-corrected chi connectivity index (χ3v) is 1.92. The Balaban J connectivity index is 2.71. The van der Waals surface area contributed by atoms with E-state index >= 15 is 0 Å². The van der Waals surface area contributed by atoms with Crippen molar-refractivity contribution in [3.63, 3.8) is 0 Å². The zero-order valence-electron chi connectivity index (χ0n) is 10.6. The second kappa shape index (κ2) is 5.41. The lowest BCUT2D eigenvalue weighted by Gasteiger charge is -2.19. The molecule has 0 unspecified atom stereocenters. The molecule has 0 aliphatic heterocycles. The van der Waals surface area contributed by atoms with Crippen LogP contribution in [-0.2, 0) is 9.53 Å². The van der Waals surface area contributed by atoms with Crippen LogP contribution in [-0.4, -0.2) is 22.3 Å². The molecule has 0 amide bonds. The number of carbonyl (C=O) groups is 2. The molecule has 0 saturated carbocycles. The van der Waals surface area contributed by atoms with Gasteiger partial charge in [-0.25, -0.2) is 4.98 Å². The molecule has 0 N–H and O–H groups in total. The van der Waals surface area contributed by atoms with E-state index in [1.807, 2.05) is 6.07 Å². The number of rotatable bonds is 3. The lowest BCUT2D eigenvalue weighted by Crippen LogP contribution is -2.25. The molecule has 1 rings (SSSR count). The molecule has 0 aliphatic carbocycles. The SMILES string of the molecule is CC(C)(C)OC(=O)CC(=O)c1ccnc(C#N)c1. The van der Waals surface area contributed by atoms with E-state index in [-0.39, 0.29) is 23.5 Å². The summed E-state index contributed by atoms with van der Waals surface area (Å²) < 4.78 is 5.05. The van der Waals surface area contributed by atoms with Crippen molar-refractivity contribution in [1.29, 1.82) is 5.26 Å². The van der Waals surface area contributed by atoms with E-state index in [1.165, 1.54) is 18.3 Å². The molecule has 1 aromatic heterocycles. The lowest BCUT2D eigenvalue weighted by molar-refractivity contribution is -0.153. The summed E-state index contributed by atoms with van der Waals surface area (Å²) in [5, 5.41) is 8.66. The van der Waals surface area contributed by atoms with Crippen molar-refractivity contribution in [2.24, 2.45) is 0 Å². The van der Waals surface area contributed by atoms with Crippen molar-refractivity contribution in [3.05, 3.63) is 29.6 Å². The van der Waals surface area contributed by atoms with Gasteiger partial charge in [-0.2, -0.15) is 5.26 Å². The molecule has 0 fully saturated rings. The van der Waals surface area contributed by atoms with Crippen LogP contribution in [0, 0.1) is 11.3 Å². The first-order valence-corrected chi connectivity index (χ1v) is 5.43. The predicted octanol–water partition coefficient (Wildman–Crippen LogP) is 1.87. The molecule has 0 radical (unpaired) electrons. The molecule has 1 aromatic rings. The fraction of sp³-hybridized carbons (Fsp3) is 0.385. The number of carbonyl (C=O) groups excluding carboxylic acids is 2. The number of nitrogens with zero attached hydrogens (tertiary/aromatic N) is 2. The van der Waals surface area contributed by atoms with Crippen LogP contribution in [0.15, 0.2) is 18.3 Å². The third kappa shape index (κ3) is 4.34. The molecule has 18 heavy (non-hydrogen) atoms. The Morgan fingerprint density at radius 2 is 2.11 bits per heavy atom. The zero-order chi connectivity index (χ0) is 13.8. The second-order valence-corrected chi connectivity index (χ2v) is 4.73. The molecule has 0 aliphatic rings. The van der Waals surface area contributed by atoms with E-state index in [4.69, 9.17) is 10.00 Å². The van der Waals surface area contributed by atoms with Gasteiger partial charge in [-0.15, -0.1) is 0 Å². The smallest absolute Gasteiger partial charge is 0.314 e. The summed E-state index contributed by atoms with van der Waals surface area (Å²) in [6.45, 7) is 5.20. The van der Waals surface area contributed by atoms with Gasteiger partial charge in [-0.3, -0.25) is 9.59 Å². The van der Waals surface area contributed by atoms with E-state index in [9.17, 15) is 9.59 Å². The minimum atomic E-state index is -0.618. The van der Waals surface area contributed by atoms with Gasteiger partial charge in [-0.05, 0) is 32.9 Å². The summed E-state index contributed by atoms with van der Waals surface area (Å²) in [6.07, 6.45) is 1.02. The average molecular weight is 246 g/mol. The van der Waals surface area contributed by atoms with Gasteiger partial charge in [0, 0.05) is 11.8 Å². The minimum absolute atomic E-state index is 0.144. The van der Waals surface area contributed by atoms with Crippen molar-refractivity contribution in [3.8, 4) is 6.07 Å². The highest BCUT2D eigenvalue weighted by atomic mass is 16.6. The number of hydrogen-bond acceptors (Lipinski definition) is 5. The number of aromatic nitrogens is 1. The number of pyridine rings is 1. The largest absolute Gasteiger partial charge is 0.460 e. The number of ether oxygens (including phenoxy) is 1. The van der Waals surface area contributed by atoms with Gasteiger partial charge in [-0.1, -0.05) is 0 Å². The molecule has 0 atom stereocenters. The fourth-order valence-electron chi connectivity index (χ4n) is 1.28. The summed E-state index contributed by atoms with van der Waals surface area (Å²) in [6, 6.07) is 4.65. The molecule has 1 heterocycles. The van der Waals surface area contributed by atoms with E-state index in [0.29, 0.717) is 0 Å². The second-order valence-electron chi connectivity index (χ2n) is 4.73. The topological polar surface area (TPSA) is 80.1 Å². The monoisotopic (exact) mass is 246 g/mol. The quantitative estimate of drug-likeness (QED) is 0.462. The molecule has 5 nitrogen and oxygen atoms in total. The van der Waals surface area contributed by atoms with Crippen LogP contribution in [0.25, 0.3) is 0 Å². The Morgan fingerprint density at radius 1 is 1.44 bits per heavy atom. The molecular formula is C13H14N2O3.